The second-order valence-corrected chi connectivity index (χ2v) is 6.64. The van der Waals surface area contributed by atoms with Gasteiger partial charge in [-0.25, -0.2) is 4.98 Å². The predicted octanol–water partition coefficient (Wildman–Crippen LogP) is 3.83. The summed E-state index contributed by atoms with van der Waals surface area (Å²) in [6.45, 7) is 5.96. The maximum Gasteiger partial charge on any atom is 0.194 e. The quantitative estimate of drug-likeness (QED) is 0.265. The van der Waals surface area contributed by atoms with Crippen LogP contribution in [0.15, 0.2) is 53.2 Å². The minimum atomic E-state index is 0. The van der Waals surface area contributed by atoms with E-state index in [1.165, 1.54) is 5.57 Å². The van der Waals surface area contributed by atoms with Crippen molar-refractivity contribution in [3.8, 4) is 11.3 Å². The average Bonchev–Trinajstić information content (AvgIpc) is 3.17. The predicted molar refractivity (Wildman–Crippen MR) is 125 cm³/mol. The highest BCUT2D eigenvalue weighted by Gasteiger charge is 2.10. The van der Waals surface area contributed by atoms with Crippen LogP contribution in [-0.2, 0) is 11.3 Å². The molecule has 0 aliphatic carbocycles. The Bertz CT molecular complexity index is 772. The van der Waals surface area contributed by atoms with Gasteiger partial charge in [0.25, 0.3) is 0 Å². The molecule has 0 atom stereocenters. The molecule has 2 heterocycles. The number of ether oxygens (including phenoxy) is 1. The number of H-pyrrole nitrogens is 1. The first-order valence-corrected chi connectivity index (χ1v) is 9.60. The summed E-state index contributed by atoms with van der Waals surface area (Å²) in [6, 6.07) is 10.2. The molecule has 3 rings (SSSR count). The third-order valence-electron chi connectivity index (χ3n) is 4.55. The fraction of sp³-hybridized carbons (Fsp3) is 0.429. The summed E-state index contributed by atoms with van der Waals surface area (Å²) in [6.07, 6.45) is 6.09. The molecule has 1 aromatic carbocycles. The van der Waals surface area contributed by atoms with E-state index in [9.17, 15) is 0 Å². The third-order valence-corrected chi connectivity index (χ3v) is 4.55. The van der Waals surface area contributed by atoms with E-state index in [-0.39, 0.29) is 24.0 Å². The number of hydrogen-bond donors (Lipinski definition) is 2. The lowest BCUT2D eigenvalue weighted by Gasteiger charge is -2.21. The lowest BCUT2D eigenvalue weighted by Crippen LogP contribution is -2.38. The van der Waals surface area contributed by atoms with Crippen LogP contribution in [0.3, 0.4) is 0 Å². The molecule has 1 aromatic heterocycles. The molecule has 0 saturated carbocycles. The summed E-state index contributed by atoms with van der Waals surface area (Å²) in [5.41, 5.74) is 3.62. The van der Waals surface area contributed by atoms with E-state index in [4.69, 9.17) is 9.73 Å². The van der Waals surface area contributed by atoms with Gasteiger partial charge in [0.1, 0.15) is 5.82 Å². The number of hydrogen-bond acceptors (Lipinski definition) is 3. The molecule has 2 N–H and O–H groups in total. The van der Waals surface area contributed by atoms with Gasteiger partial charge < -0.3 is 19.9 Å². The van der Waals surface area contributed by atoms with Gasteiger partial charge in [-0.2, -0.15) is 0 Å². The molecule has 28 heavy (non-hydrogen) atoms. The summed E-state index contributed by atoms with van der Waals surface area (Å²) in [5, 5.41) is 3.37. The molecule has 0 radical (unpaired) electrons. The Kier molecular flexibility index (Phi) is 9.49. The van der Waals surface area contributed by atoms with Gasteiger partial charge >= 0.3 is 0 Å². The van der Waals surface area contributed by atoms with Crippen molar-refractivity contribution < 1.29 is 4.74 Å². The monoisotopic (exact) mass is 495 g/mol. The van der Waals surface area contributed by atoms with Gasteiger partial charge in [-0.1, -0.05) is 42.0 Å². The summed E-state index contributed by atoms with van der Waals surface area (Å²) < 4.78 is 5.36. The van der Waals surface area contributed by atoms with Crippen molar-refractivity contribution >= 4 is 29.9 Å². The van der Waals surface area contributed by atoms with E-state index in [1.54, 1.807) is 0 Å². The van der Waals surface area contributed by atoms with Gasteiger partial charge in [0.05, 0.1) is 31.6 Å². The largest absolute Gasteiger partial charge is 0.377 e. The van der Waals surface area contributed by atoms with Crippen molar-refractivity contribution in [1.82, 2.24) is 20.2 Å². The van der Waals surface area contributed by atoms with Crippen molar-refractivity contribution in [3.63, 3.8) is 0 Å². The van der Waals surface area contributed by atoms with Crippen molar-refractivity contribution in [3.05, 3.63) is 54.0 Å². The highest BCUT2D eigenvalue weighted by molar-refractivity contribution is 14.0. The van der Waals surface area contributed by atoms with E-state index < -0.39 is 0 Å². The van der Waals surface area contributed by atoms with E-state index in [0.29, 0.717) is 6.54 Å². The Hall–Kier alpha value is -1.87. The van der Waals surface area contributed by atoms with Crippen LogP contribution < -0.4 is 5.32 Å². The van der Waals surface area contributed by atoms with E-state index >= 15 is 0 Å². The van der Waals surface area contributed by atoms with Crippen LogP contribution in [0.25, 0.3) is 11.3 Å². The normalized spacial score (nSPS) is 14.2. The van der Waals surface area contributed by atoms with Gasteiger partial charge in [-0.15, -0.1) is 24.0 Å². The Balaban J connectivity index is 0.00000280. The average molecular weight is 495 g/mol. The van der Waals surface area contributed by atoms with Gasteiger partial charge in [0.2, 0.25) is 0 Å². The molecule has 0 saturated heterocycles. The fourth-order valence-electron chi connectivity index (χ4n) is 3.07. The molecule has 152 valence electrons. The molecule has 2 aromatic rings. The number of aromatic nitrogens is 2. The lowest BCUT2D eigenvalue weighted by molar-refractivity contribution is 0.153. The standard InChI is InChI=1S/C21H29N5O.HI/c1-3-22-21(23-12-9-17-10-13-27-14-11-17)26(2)16-20-24-15-19(25-20)18-7-5-4-6-8-18;/h4-8,10,15H,3,9,11-14,16H2,1-2H3,(H,22,23)(H,24,25);1H. The molecule has 7 heteroatoms. The number of halogens is 1. The number of benzene rings is 1. The SMILES string of the molecule is CCNC(=NCCC1=CCOCC1)N(C)Cc1ncc(-c2ccccc2)[nH]1.I. The molecular weight excluding hydrogens is 465 g/mol. The first-order valence-electron chi connectivity index (χ1n) is 9.60. The van der Waals surface area contributed by atoms with Crippen molar-refractivity contribution in [2.45, 2.75) is 26.3 Å². The molecule has 0 bridgehead atoms. The topological polar surface area (TPSA) is 65.5 Å². The number of guanidine groups is 1. The number of aromatic amines is 1. The highest BCUT2D eigenvalue weighted by Crippen LogP contribution is 2.16. The van der Waals surface area contributed by atoms with Crippen LogP contribution >= 0.6 is 24.0 Å². The summed E-state index contributed by atoms with van der Waals surface area (Å²) in [5.74, 6) is 1.83. The Morgan fingerprint density at radius 3 is 2.86 bits per heavy atom. The third kappa shape index (κ3) is 6.63. The van der Waals surface area contributed by atoms with E-state index in [2.05, 4.69) is 45.3 Å². The van der Waals surface area contributed by atoms with Crippen LogP contribution in [0.1, 0.15) is 25.6 Å². The Labute approximate surface area is 184 Å². The second-order valence-electron chi connectivity index (χ2n) is 6.64. The van der Waals surface area contributed by atoms with Crippen LogP contribution in [0.2, 0.25) is 0 Å². The summed E-state index contributed by atoms with van der Waals surface area (Å²) in [4.78, 5) is 14.8. The lowest BCUT2D eigenvalue weighted by atomic mass is 10.1. The smallest absolute Gasteiger partial charge is 0.194 e. The molecule has 0 amide bonds. The minimum Gasteiger partial charge on any atom is -0.377 e. The van der Waals surface area contributed by atoms with Crippen molar-refractivity contribution in [2.24, 2.45) is 4.99 Å². The number of nitrogens with one attached hydrogen (secondary N) is 2. The van der Waals surface area contributed by atoms with E-state index in [1.807, 2.05) is 31.4 Å². The Morgan fingerprint density at radius 1 is 1.32 bits per heavy atom. The highest BCUT2D eigenvalue weighted by atomic mass is 127. The number of rotatable bonds is 7. The van der Waals surface area contributed by atoms with Gasteiger partial charge in [-0.3, -0.25) is 4.99 Å². The van der Waals surface area contributed by atoms with Crippen molar-refractivity contribution in [1.29, 1.82) is 0 Å². The van der Waals surface area contributed by atoms with Gasteiger partial charge in [0, 0.05) is 20.1 Å². The van der Waals surface area contributed by atoms with Crippen LogP contribution in [0.4, 0.5) is 0 Å². The molecule has 1 aliphatic rings. The van der Waals surface area contributed by atoms with Crippen LogP contribution in [0, 0.1) is 0 Å². The molecule has 0 fully saturated rings. The molecule has 6 nitrogen and oxygen atoms in total. The Morgan fingerprint density at radius 2 is 2.14 bits per heavy atom. The van der Waals surface area contributed by atoms with Gasteiger partial charge in [0.15, 0.2) is 5.96 Å². The zero-order valence-electron chi connectivity index (χ0n) is 16.6. The maximum atomic E-state index is 5.36. The number of aliphatic imine (C=N–C) groups is 1. The maximum absolute atomic E-state index is 5.36. The number of imidazole rings is 1. The second kappa shape index (κ2) is 11.9. The number of nitrogens with zero attached hydrogens (tertiary/aromatic N) is 3. The van der Waals surface area contributed by atoms with Gasteiger partial charge in [-0.05, 0) is 25.3 Å². The summed E-state index contributed by atoms with van der Waals surface area (Å²) in [7, 11) is 2.04. The summed E-state index contributed by atoms with van der Waals surface area (Å²) >= 11 is 0. The minimum absolute atomic E-state index is 0. The van der Waals surface area contributed by atoms with Crippen molar-refractivity contribution in [2.75, 3.05) is 33.4 Å². The zero-order valence-corrected chi connectivity index (χ0v) is 19.0. The first kappa shape index (κ1) is 22.4. The zero-order chi connectivity index (χ0) is 18.9. The van der Waals surface area contributed by atoms with Crippen LogP contribution in [-0.4, -0.2) is 54.2 Å². The molecule has 0 unspecified atom stereocenters. The first-order chi connectivity index (χ1) is 13.3. The fourth-order valence-corrected chi connectivity index (χ4v) is 3.07. The van der Waals surface area contributed by atoms with Crippen LogP contribution in [0.5, 0.6) is 0 Å². The molecule has 1 aliphatic heterocycles. The molecule has 0 spiro atoms. The van der Waals surface area contributed by atoms with E-state index in [0.717, 1.165) is 62.2 Å². The molecular formula is C21H30IN5O.